The third-order valence-electron chi connectivity index (χ3n) is 2.16. The van der Waals surface area contributed by atoms with Crippen LogP contribution in [0.25, 0.3) is 11.7 Å². The average molecular weight is 343 g/mol. The maximum absolute atomic E-state index is 5.49. The van der Waals surface area contributed by atoms with E-state index >= 15 is 0 Å². The fourth-order valence-corrected chi connectivity index (χ4v) is 2.30. The second-order valence-corrected chi connectivity index (χ2v) is 5.20. The highest BCUT2D eigenvalue weighted by atomic mass is 79.9. The van der Waals surface area contributed by atoms with Crippen molar-refractivity contribution >= 4 is 27.7 Å². The smallest absolute Gasteiger partial charge is 0.283 e. The number of hydrogen-bond donors (Lipinski definition) is 0. The van der Waals surface area contributed by atoms with E-state index in [-0.39, 0.29) is 0 Å². The zero-order valence-electron chi connectivity index (χ0n) is 9.65. The Morgan fingerprint density at radius 3 is 2.84 bits per heavy atom. The molecule has 98 valence electrons. The maximum Gasteiger partial charge on any atom is 0.283 e. The van der Waals surface area contributed by atoms with Gasteiger partial charge < -0.3 is 8.83 Å². The van der Waals surface area contributed by atoms with Gasteiger partial charge in [0.1, 0.15) is 0 Å². The first kappa shape index (κ1) is 12.4. The van der Waals surface area contributed by atoms with Gasteiger partial charge in [-0.05, 0) is 38.5 Å². The van der Waals surface area contributed by atoms with Gasteiger partial charge in [0.15, 0.2) is 10.4 Å². The van der Waals surface area contributed by atoms with Gasteiger partial charge in [-0.25, -0.2) is 4.68 Å². The molecule has 0 spiro atoms. The molecule has 0 amide bonds. The van der Waals surface area contributed by atoms with E-state index in [1.807, 2.05) is 0 Å². The number of aromatic nitrogens is 6. The Bertz CT molecular complexity index is 692. The summed E-state index contributed by atoms with van der Waals surface area (Å²) < 4.78 is 13.0. The number of hydrogen-bond acceptors (Lipinski definition) is 8. The van der Waals surface area contributed by atoms with Crippen LogP contribution in [-0.4, -0.2) is 30.4 Å². The van der Waals surface area contributed by atoms with Crippen LogP contribution in [-0.2, 0) is 12.8 Å². The number of furan rings is 1. The van der Waals surface area contributed by atoms with Crippen molar-refractivity contribution in [1.82, 2.24) is 30.4 Å². The summed E-state index contributed by atoms with van der Waals surface area (Å²) in [5, 5.41) is 19.7. The fraction of sp³-hybridized carbons (Fsp3) is 0.222. The van der Waals surface area contributed by atoms with E-state index < -0.39 is 0 Å². The first-order valence-corrected chi connectivity index (χ1v) is 6.93. The molecule has 3 aromatic rings. The van der Waals surface area contributed by atoms with Crippen molar-refractivity contribution in [2.45, 2.75) is 10.9 Å². The van der Waals surface area contributed by atoms with E-state index in [2.05, 4.69) is 41.7 Å². The second kappa shape index (κ2) is 5.13. The van der Waals surface area contributed by atoms with Crippen LogP contribution in [0.4, 0.5) is 0 Å². The van der Waals surface area contributed by atoms with Crippen LogP contribution in [0, 0.1) is 0 Å². The van der Waals surface area contributed by atoms with Gasteiger partial charge in [0.05, 0.1) is 5.75 Å². The van der Waals surface area contributed by atoms with E-state index in [1.54, 1.807) is 23.9 Å². The molecule has 3 aromatic heterocycles. The van der Waals surface area contributed by atoms with Gasteiger partial charge in [-0.3, -0.25) is 0 Å². The largest absolute Gasteiger partial charge is 0.444 e. The van der Waals surface area contributed by atoms with Crippen LogP contribution < -0.4 is 0 Å². The molecule has 19 heavy (non-hydrogen) atoms. The van der Waals surface area contributed by atoms with Crippen molar-refractivity contribution in [2.24, 2.45) is 7.05 Å². The lowest BCUT2D eigenvalue weighted by molar-refractivity contribution is 0.486. The minimum atomic E-state index is 0.345. The molecule has 0 N–H and O–H groups in total. The first-order chi connectivity index (χ1) is 9.22. The van der Waals surface area contributed by atoms with Gasteiger partial charge >= 0.3 is 0 Å². The van der Waals surface area contributed by atoms with E-state index in [0.717, 1.165) is 0 Å². The molecular weight excluding hydrogens is 336 g/mol. The minimum absolute atomic E-state index is 0.345. The highest BCUT2D eigenvalue weighted by Gasteiger charge is 2.13. The Labute approximate surface area is 119 Å². The molecule has 0 aromatic carbocycles. The predicted molar refractivity (Wildman–Crippen MR) is 68.1 cm³/mol. The number of thioether (sulfide) groups is 1. The molecule has 3 rings (SSSR count). The average Bonchev–Trinajstić information content (AvgIpc) is 3.08. The first-order valence-electron chi connectivity index (χ1n) is 5.15. The lowest BCUT2D eigenvalue weighted by Crippen LogP contribution is -1.93. The molecule has 0 atom stereocenters. The molecule has 0 radical (unpaired) electrons. The molecule has 0 saturated heterocycles. The highest BCUT2D eigenvalue weighted by Crippen LogP contribution is 2.25. The lowest BCUT2D eigenvalue weighted by Gasteiger charge is -1.94. The molecule has 0 aliphatic carbocycles. The number of rotatable bonds is 4. The summed E-state index contributed by atoms with van der Waals surface area (Å²) in [6.45, 7) is 0. The number of halogens is 1. The van der Waals surface area contributed by atoms with Crippen LogP contribution in [0.1, 0.15) is 5.89 Å². The third kappa shape index (κ3) is 2.68. The summed E-state index contributed by atoms with van der Waals surface area (Å²) in [6.07, 6.45) is 0. The predicted octanol–water partition coefficient (Wildman–Crippen LogP) is 1.91. The van der Waals surface area contributed by atoms with Gasteiger partial charge in [0, 0.05) is 7.05 Å². The van der Waals surface area contributed by atoms with Crippen molar-refractivity contribution in [3.8, 4) is 11.7 Å². The molecule has 0 aliphatic rings. The zero-order chi connectivity index (χ0) is 13.2. The number of nitrogens with zero attached hydrogens (tertiary/aromatic N) is 6. The van der Waals surface area contributed by atoms with Gasteiger partial charge in [0.2, 0.25) is 11.0 Å². The number of tetrazole rings is 1. The van der Waals surface area contributed by atoms with Crippen LogP contribution >= 0.6 is 27.7 Å². The van der Waals surface area contributed by atoms with Gasteiger partial charge in [-0.1, -0.05) is 11.8 Å². The molecule has 3 heterocycles. The van der Waals surface area contributed by atoms with Crippen molar-refractivity contribution < 1.29 is 8.83 Å². The summed E-state index contributed by atoms with van der Waals surface area (Å²) in [7, 11) is 1.77. The van der Waals surface area contributed by atoms with Crippen LogP contribution in [0.5, 0.6) is 0 Å². The third-order valence-corrected chi connectivity index (χ3v) is 3.58. The van der Waals surface area contributed by atoms with Crippen LogP contribution in [0.2, 0.25) is 0 Å². The molecular formula is C9H7BrN6O2S. The SMILES string of the molecule is Cn1nnnc1SCc1nnc(-c2ccc(Br)o2)o1. The Balaban J connectivity index is 1.70. The van der Waals surface area contributed by atoms with Gasteiger partial charge in [-0.15, -0.1) is 15.3 Å². The molecule has 10 heteroatoms. The van der Waals surface area contributed by atoms with E-state index in [4.69, 9.17) is 8.83 Å². The molecule has 0 aliphatic heterocycles. The lowest BCUT2D eigenvalue weighted by atomic mass is 10.5. The van der Waals surface area contributed by atoms with E-state index in [9.17, 15) is 0 Å². The van der Waals surface area contributed by atoms with Crippen LogP contribution in [0.3, 0.4) is 0 Å². The minimum Gasteiger partial charge on any atom is -0.444 e. The standard InChI is InChI=1S/C9H7BrN6O2S/c1-16-9(13-14-15-16)19-4-7-11-12-8(18-7)5-2-3-6(10)17-5/h2-3H,4H2,1H3. The van der Waals surface area contributed by atoms with Gasteiger partial charge in [0.25, 0.3) is 5.89 Å². The Hall–Kier alpha value is -1.68. The molecule has 0 fully saturated rings. The van der Waals surface area contributed by atoms with Crippen molar-refractivity contribution in [1.29, 1.82) is 0 Å². The molecule has 8 nitrogen and oxygen atoms in total. The number of aryl methyl sites for hydroxylation is 1. The van der Waals surface area contributed by atoms with Crippen molar-refractivity contribution in [3.05, 3.63) is 22.7 Å². The van der Waals surface area contributed by atoms with Crippen molar-refractivity contribution in [3.63, 3.8) is 0 Å². The molecule has 0 bridgehead atoms. The molecule has 0 unspecified atom stereocenters. The molecule has 0 saturated carbocycles. The Morgan fingerprint density at radius 1 is 1.26 bits per heavy atom. The summed E-state index contributed by atoms with van der Waals surface area (Å²) in [6, 6.07) is 3.51. The quantitative estimate of drug-likeness (QED) is 0.663. The monoisotopic (exact) mass is 342 g/mol. The topological polar surface area (TPSA) is 95.7 Å². The van der Waals surface area contributed by atoms with E-state index in [0.29, 0.717) is 33.1 Å². The second-order valence-electron chi connectivity index (χ2n) is 3.48. The zero-order valence-corrected chi connectivity index (χ0v) is 12.1. The maximum atomic E-state index is 5.49. The highest BCUT2D eigenvalue weighted by molar-refractivity contribution is 9.10. The Morgan fingerprint density at radius 2 is 2.16 bits per heavy atom. The van der Waals surface area contributed by atoms with Gasteiger partial charge in [-0.2, -0.15) is 0 Å². The van der Waals surface area contributed by atoms with Crippen molar-refractivity contribution in [2.75, 3.05) is 0 Å². The Kier molecular flexibility index (Phi) is 3.34. The summed E-state index contributed by atoms with van der Waals surface area (Å²) in [5.41, 5.74) is 0. The summed E-state index contributed by atoms with van der Waals surface area (Å²) >= 11 is 4.63. The fourth-order valence-electron chi connectivity index (χ4n) is 1.31. The summed E-state index contributed by atoms with van der Waals surface area (Å²) in [5.74, 6) is 1.84. The van der Waals surface area contributed by atoms with E-state index in [1.165, 1.54) is 11.8 Å². The normalized spacial score (nSPS) is 11.1. The van der Waals surface area contributed by atoms with Crippen LogP contribution in [0.15, 0.2) is 30.8 Å². The summed E-state index contributed by atoms with van der Waals surface area (Å²) in [4.78, 5) is 0.